The number of rotatable bonds is 2. The highest BCUT2D eigenvalue weighted by Gasteiger charge is 2.39. The molecule has 3 aromatic rings. The van der Waals surface area contributed by atoms with Crippen molar-refractivity contribution in [2.45, 2.75) is 25.4 Å². The Morgan fingerprint density at radius 2 is 1.76 bits per heavy atom. The van der Waals surface area contributed by atoms with Crippen LogP contribution in [0.25, 0.3) is 22.0 Å². The van der Waals surface area contributed by atoms with E-state index in [0.29, 0.717) is 23.1 Å². The molecule has 0 bridgehead atoms. The van der Waals surface area contributed by atoms with Crippen LogP contribution in [-0.4, -0.2) is 33.6 Å². The molecule has 2 aromatic carbocycles. The first kappa shape index (κ1) is 17.4. The van der Waals surface area contributed by atoms with Gasteiger partial charge in [-0.1, -0.05) is 24.3 Å². The van der Waals surface area contributed by atoms with Crippen molar-refractivity contribution in [3.63, 3.8) is 0 Å². The molecule has 5 rings (SSSR count). The smallest absolute Gasteiger partial charge is 0.256 e. The van der Waals surface area contributed by atoms with Crippen LogP contribution in [0.4, 0.5) is 0 Å². The number of amides is 3. The number of fused-ring (bicyclic) bond motifs is 2. The van der Waals surface area contributed by atoms with Gasteiger partial charge in [0.1, 0.15) is 6.04 Å². The van der Waals surface area contributed by atoms with Gasteiger partial charge in [0.15, 0.2) is 0 Å². The third-order valence-corrected chi connectivity index (χ3v) is 5.59. The number of aromatic nitrogens is 1. The van der Waals surface area contributed by atoms with Gasteiger partial charge >= 0.3 is 0 Å². The van der Waals surface area contributed by atoms with E-state index in [-0.39, 0.29) is 30.3 Å². The first-order valence-electron chi connectivity index (χ1n) is 9.41. The summed E-state index contributed by atoms with van der Waals surface area (Å²) in [6.45, 7) is 0.278. The minimum atomic E-state index is -0.653. The van der Waals surface area contributed by atoms with Gasteiger partial charge in [0.2, 0.25) is 11.8 Å². The van der Waals surface area contributed by atoms with Crippen molar-refractivity contribution in [2.75, 3.05) is 0 Å². The quantitative estimate of drug-likeness (QED) is 0.657. The molecular weight excluding hydrogens is 370 g/mol. The molecule has 1 atom stereocenters. The van der Waals surface area contributed by atoms with Crippen LogP contribution in [0.1, 0.15) is 28.8 Å². The van der Waals surface area contributed by atoms with Gasteiger partial charge in [-0.25, -0.2) is 0 Å². The third kappa shape index (κ3) is 2.82. The van der Waals surface area contributed by atoms with Crippen molar-refractivity contribution in [2.24, 2.45) is 0 Å². The average molecular weight is 387 g/mol. The number of para-hydroxylation sites is 1. The summed E-state index contributed by atoms with van der Waals surface area (Å²) in [6.07, 6.45) is 0.538. The van der Waals surface area contributed by atoms with Crippen LogP contribution in [0.3, 0.4) is 0 Å². The number of carbonyl (C=O) groups excluding carboxylic acids is 3. The molecule has 29 heavy (non-hydrogen) atoms. The predicted molar refractivity (Wildman–Crippen MR) is 106 cm³/mol. The lowest BCUT2D eigenvalue weighted by Gasteiger charge is -2.29. The summed E-state index contributed by atoms with van der Waals surface area (Å²) in [4.78, 5) is 53.3. The van der Waals surface area contributed by atoms with Gasteiger partial charge in [-0.3, -0.25) is 24.5 Å². The summed E-state index contributed by atoms with van der Waals surface area (Å²) >= 11 is 0. The van der Waals surface area contributed by atoms with Crippen LogP contribution in [0.15, 0.2) is 53.3 Å². The first-order valence-corrected chi connectivity index (χ1v) is 9.41. The van der Waals surface area contributed by atoms with E-state index in [2.05, 4.69) is 10.3 Å². The molecule has 0 saturated carbocycles. The number of hydrogen-bond acceptors (Lipinski definition) is 4. The van der Waals surface area contributed by atoms with E-state index in [9.17, 15) is 19.2 Å². The number of piperidine rings is 1. The fourth-order valence-electron chi connectivity index (χ4n) is 4.10. The fourth-order valence-corrected chi connectivity index (χ4v) is 4.10. The Hall–Kier alpha value is -3.74. The molecule has 7 nitrogen and oxygen atoms in total. The summed E-state index contributed by atoms with van der Waals surface area (Å²) in [5, 5.41) is 3.22. The first-order chi connectivity index (χ1) is 14.0. The number of nitrogens with zero attached hydrogens (tertiary/aromatic N) is 1. The molecule has 0 spiro atoms. The number of nitrogens with one attached hydrogen (secondary N) is 2. The standard InChI is InChI=1S/C22H17N3O4/c26-19-8-7-18(21(28)24-19)25-11-14-9-12(5-6-15(14)22(25)29)16-10-13-3-1-2-4-17(13)23-20(16)27/h1-6,9-10,18H,7-8,11H2,(H,23,27)(H,24,26,28). The number of aromatic amines is 1. The minimum absolute atomic E-state index is 0.199. The van der Waals surface area contributed by atoms with E-state index < -0.39 is 11.9 Å². The maximum absolute atomic E-state index is 12.8. The predicted octanol–water partition coefficient (Wildman–Crippen LogP) is 1.96. The Balaban J connectivity index is 1.51. The van der Waals surface area contributed by atoms with E-state index >= 15 is 0 Å². The van der Waals surface area contributed by atoms with Crippen LogP contribution in [0.5, 0.6) is 0 Å². The van der Waals surface area contributed by atoms with Crippen LogP contribution >= 0.6 is 0 Å². The van der Waals surface area contributed by atoms with Crippen molar-refractivity contribution in [1.29, 1.82) is 0 Å². The Kier molecular flexibility index (Phi) is 3.84. The Morgan fingerprint density at radius 1 is 0.931 bits per heavy atom. The maximum Gasteiger partial charge on any atom is 0.256 e. The topological polar surface area (TPSA) is 99.3 Å². The van der Waals surface area contributed by atoms with Crippen molar-refractivity contribution in [1.82, 2.24) is 15.2 Å². The molecule has 0 aliphatic carbocycles. The Morgan fingerprint density at radius 3 is 2.59 bits per heavy atom. The number of carbonyl (C=O) groups is 3. The average Bonchev–Trinajstić information content (AvgIpc) is 3.03. The lowest BCUT2D eigenvalue weighted by atomic mass is 10.0. The van der Waals surface area contributed by atoms with E-state index in [4.69, 9.17) is 0 Å². The molecule has 7 heteroatoms. The van der Waals surface area contributed by atoms with Crippen molar-refractivity contribution < 1.29 is 14.4 Å². The van der Waals surface area contributed by atoms with Crippen LogP contribution in [-0.2, 0) is 16.1 Å². The number of pyridine rings is 1. The van der Waals surface area contributed by atoms with Gasteiger partial charge in [0.25, 0.3) is 11.5 Å². The minimum Gasteiger partial charge on any atom is -0.322 e. The van der Waals surface area contributed by atoms with Gasteiger partial charge in [0, 0.05) is 29.6 Å². The number of H-pyrrole nitrogens is 1. The molecule has 2 aliphatic rings. The summed E-state index contributed by atoms with van der Waals surface area (Å²) in [6, 6.07) is 14.0. The van der Waals surface area contributed by atoms with Crippen LogP contribution < -0.4 is 10.9 Å². The Labute approximate surface area is 165 Å². The van der Waals surface area contributed by atoms with E-state index in [1.54, 1.807) is 12.1 Å². The van der Waals surface area contributed by atoms with Crippen LogP contribution in [0.2, 0.25) is 0 Å². The normalized spacial score (nSPS) is 18.8. The maximum atomic E-state index is 12.8. The van der Waals surface area contributed by atoms with E-state index in [1.165, 1.54) is 4.90 Å². The zero-order chi connectivity index (χ0) is 20.1. The lowest BCUT2D eigenvalue weighted by molar-refractivity contribution is -0.136. The zero-order valence-corrected chi connectivity index (χ0v) is 15.4. The molecule has 144 valence electrons. The molecular formula is C22H17N3O4. The molecule has 0 radical (unpaired) electrons. The molecule has 2 aliphatic heterocycles. The van der Waals surface area contributed by atoms with Gasteiger partial charge in [-0.2, -0.15) is 0 Å². The largest absolute Gasteiger partial charge is 0.322 e. The molecule has 1 unspecified atom stereocenters. The number of imide groups is 1. The summed E-state index contributed by atoms with van der Waals surface area (Å²) in [5.41, 5.74) is 3.10. The summed E-state index contributed by atoms with van der Waals surface area (Å²) in [5.74, 6) is -0.977. The monoisotopic (exact) mass is 387 g/mol. The molecule has 1 fully saturated rings. The highest BCUT2D eigenvalue weighted by molar-refractivity contribution is 6.05. The highest BCUT2D eigenvalue weighted by Crippen LogP contribution is 2.30. The van der Waals surface area contributed by atoms with Crippen molar-refractivity contribution >= 4 is 28.6 Å². The SMILES string of the molecule is O=C1CCC(N2Cc3cc(-c4cc5ccccc5[nH]c4=O)ccc3C2=O)C(=O)N1. The molecule has 1 saturated heterocycles. The summed E-state index contributed by atoms with van der Waals surface area (Å²) in [7, 11) is 0. The molecule has 3 heterocycles. The van der Waals surface area contributed by atoms with Crippen molar-refractivity contribution in [3.05, 3.63) is 70.0 Å². The second-order valence-corrected chi connectivity index (χ2v) is 7.37. The van der Waals surface area contributed by atoms with Gasteiger partial charge in [0.05, 0.1) is 0 Å². The molecule has 2 N–H and O–H groups in total. The van der Waals surface area contributed by atoms with E-state index in [1.807, 2.05) is 36.4 Å². The van der Waals surface area contributed by atoms with Crippen LogP contribution in [0, 0.1) is 0 Å². The Bertz CT molecular complexity index is 1260. The number of hydrogen-bond donors (Lipinski definition) is 2. The fraction of sp³-hybridized carbons (Fsp3) is 0.182. The second-order valence-electron chi connectivity index (χ2n) is 7.37. The summed E-state index contributed by atoms with van der Waals surface area (Å²) < 4.78 is 0. The van der Waals surface area contributed by atoms with Gasteiger partial charge in [-0.05, 0) is 47.2 Å². The van der Waals surface area contributed by atoms with Gasteiger partial charge < -0.3 is 9.88 Å². The van der Waals surface area contributed by atoms with E-state index in [0.717, 1.165) is 16.5 Å². The zero-order valence-electron chi connectivity index (χ0n) is 15.4. The molecule has 3 amide bonds. The highest BCUT2D eigenvalue weighted by atomic mass is 16.2. The second kappa shape index (κ2) is 6.41. The lowest BCUT2D eigenvalue weighted by Crippen LogP contribution is -2.52. The number of benzene rings is 2. The molecule has 1 aromatic heterocycles. The van der Waals surface area contributed by atoms with Gasteiger partial charge in [-0.15, -0.1) is 0 Å². The van der Waals surface area contributed by atoms with Crippen molar-refractivity contribution in [3.8, 4) is 11.1 Å². The third-order valence-electron chi connectivity index (χ3n) is 5.59.